The highest BCUT2D eigenvalue weighted by atomic mass is 35.5. The molecule has 0 atom stereocenters. The lowest BCUT2D eigenvalue weighted by molar-refractivity contribution is -0.114. The molecule has 0 bridgehead atoms. The van der Waals surface area contributed by atoms with Crippen molar-refractivity contribution in [3.63, 3.8) is 0 Å². The van der Waals surface area contributed by atoms with Gasteiger partial charge in [-0.15, -0.1) is 0 Å². The maximum Gasteiger partial charge on any atom is 0.254 e. The topological polar surface area (TPSA) is 44.1 Å². The zero-order chi connectivity index (χ0) is 12.1. The molecule has 0 heterocycles. The Labute approximate surface area is 99.5 Å². The van der Waals surface area contributed by atoms with Crippen LogP contribution in [0.25, 0.3) is 0 Å². The lowest BCUT2D eigenvalue weighted by atomic mass is 10.2. The minimum absolute atomic E-state index is 0.00662. The first-order chi connectivity index (χ1) is 7.56. The van der Waals surface area contributed by atoms with Gasteiger partial charge in [-0.05, 0) is 31.2 Å². The van der Waals surface area contributed by atoms with E-state index in [0.717, 1.165) is 0 Å². The largest absolute Gasteiger partial charge is 0.295 e. The van der Waals surface area contributed by atoms with Crippen LogP contribution in [-0.4, -0.2) is 12.5 Å². The van der Waals surface area contributed by atoms with E-state index in [4.69, 9.17) is 16.9 Å². The third-order valence-corrected chi connectivity index (χ3v) is 2.23. The summed E-state index contributed by atoms with van der Waals surface area (Å²) in [6, 6.07) is 8.68. The van der Waals surface area contributed by atoms with Gasteiger partial charge < -0.3 is 0 Å². The fourth-order valence-corrected chi connectivity index (χ4v) is 1.33. The normalized spacial score (nSPS) is 9.31. The van der Waals surface area contributed by atoms with Gasteiger partial charge in [0, 0.05) is 16.3 Å². The monoisotopic (exact) mass is 234 g/mol. The Kier molecular flexibility index (Phi) is 4.10. The quantitative estimate of drug-likeness (QED) is 0.596. The van der Waals surface area contributed by atoms with Crippen LogP contribution >= 0.6 is 11.6 Å². The number of hydrogen-bond donors (Lipinski definition) is 0. The van der Waals surface area contributed by atoms with Gasteiger partial charge in [0.2, 0.25) is 0 Å². The Hall–Kier alpha value is -1.79. The van der Waals surface area contributed by atoms with E-state index in [9.17, 15) is 4.79 Å². The van der Waals surface area contributed by atoms with Gasteiger partial charge in [0.15, 0.2) is 0 Å². The molecule has 0 unspecified atom stereocenters. The lowest BCUT2D eigenvalue weighted by Gasteiger charge is -2.19. The molecule has 0 saturated carbocycles. The van der Waals surface area contributed by atoms with Crippen LogP contribution in [0.2, 0.25) is 5.02 Å². The molecule has 1 aromatic carbocycles. The zero-order valence-corrected chi connectivity index (χ0v) is 9.66. The molecule has 0 saturated heterocycles. The molecule has 0 fully saturated rings. The zero-order valence-electron chi connectivity index (χ0n) is 8.90. The van der Waals surface area contributed by atoms with Crippen LogP contribution in [0.4, 0.5) is 5.69 Å². The summed E-state index contributed by atoms with van der Waals surface area (Å²) in [4.78, 5) is 13.1. The van der Waals surface area contributed by atoms with Crippen LogP contribution in [0.3, 0.4) is 0 Å². The maximum atomic E-state index is 11.8. The van der Waals surface area contributed by atoms with Crippen molar-refractivity contribution in [2.75, 3.05) is 11.4 Å². The van der Waals surface area contributed by atoms with Crippen molar-refractivity contribution >= 4 is 23.2 Å². The van der Waals surface area contributed by atoms with Crippen LogP contribution in [0.15, 0.2) is 36.4 Å². The second kappa shape index (κ2) is 5.34. The van der Waals surface area contributed by atoms with E-state index < -0.39 is 0 Å². The summed E-state index contributed by atoms with van der Waals surface area (Å²) < 4.78 is 0. The van der Waals surface area contributed by atoms with Crippen LogP contribution in [0.5, 0.6) is 0 Å². The predicted octanol–water partition coefficient (Wildman–Crippen LogP) is 2.77. The summed E-state index contributed by atoms with van der Waals surface area (Å²) >= 11 is 5.75. The van der Waals surface area contributed by atoms with Gasteiger partial charge in [0.05, 0.1) is 6.07 Å². The lowest BCUT2D eigenvalue weighted by Crippen LogP contribution is -2.31. The van der Waals surface area contributed by atoms with Gasteiger partial charge in [-0.1, -0.05) is 18.2 Å². The molecular formula is C12H11ClN2O. The average Bonchev–Trinajstić information content (AvgIpc) is 2.26. The highest BCUT2D eigenvalue weighted by Gasteiger charge is 2.15. The Morgan fingerprint density at radius 2 is 2.06 bits per heavy atom. The average molecular weight is 235 g/mol. The fraction of sp³-hybridized carbons (Fsp3) is 0.167. The molecule has 0 radical (unpaired) electrons. The summed E-state index contributed by atoms with van der Waals surface area (Å²) in [7, 11) is 0. The van der Waals surface area contributed by atoms with Crippen LogP contribution in [0, 0.1) is 11.3 Å². The first kappa shape index (κ1) is 12.3. The smallest absolute Gasteiger partial charge is 0.254 e. The van der Waals surface area contributed by atoms with Gasteiger partial charge in [-0.2, -0.15) is 5.26 Å². The minimum Gasteiger partial charge on any atom is -0.295 e. The number of rotatable bonds is 3. The van der Waals surface area contributed by atoms with Crippen molar-refractivity contribution in [1.82, 2.24) is 0 Å². The van der Waals surface area contributed by atoms with Crippen molar-refractivity contribution in [2.45, 2.75) is 6.92 Å². The third kappa shape index (κ3) is 2.85. The van der Waals surface area contributed by atoms with E-state index in [-0.39, 0.29) is 12.5 Å². The molecule has 3 nitrogen and oxygen atoms in total. The molecule has 0 aliphatic rings. The Bertz CT molecular complexity index is 445. The molecule has 4 heteroatoms. The summed E-state index contributed by atoms with van der Waals surface area (Å²) in [5.74, 6) is -0.260. The standard InChI is InChI=1S/C12H11ClN2O/c1-9(2)12(16)15(8-7-14)11-5-3-10(13)4-6-11/h3-6H,1,8H2,2H3. The van der Waals surface area contributed by atoms with E-state index in [1.807, 2.05) is 6.07 Å². The van der Waals surface area contributed by atoms with Crippen molar-refractivity contribution in [3.8, 4) is 6.07 Å². The molecule has 0 aliphatic heterocycles. The molecule has 1 rings (SSSR count). The Morgan fingerprint density at radius 1 is 1.50 bits per heavy atom. The molecule has 1 amide bonds. The highest BCUT2D eigenvalue weighted by molar-refractivity contribution is 6.30. The number of halogens is 1. The molecule has 0 aliphatic carbocycles. The number of anilines is 1. The van der Waals surface area contributed by atoms with Crippen molar-refractivity contribution < 1.29 is 4.79 Å². The predicted molar refractivity (Wildman–Crippen MR) is 64.2 cm³/mol. The molecule has 0 aromatic heterocycles. The Morgan fingerprint density at radius 3 is 2.50 bits per heavy atom. The van der Waals surface area contributed by atoms with E-state index in [2.05, 4.69) is 6.58 Å². The van der Waals surface area contributed by atoms with Crippen LogP contribution in [0.1, 0.15) is 6.92 Å². The van der Waals surface area contributed by atoms with Gasteiger partial charge in [-0.25, -0.2) is 0 Å². The minimum atomic E-state index is -0.260. The Balaban J connectivity index is 3.03. The van der Waals surface area contributed by atoms with Gasteiger partial charge in [-0.3, -0.25) is 9.69 Å². The van der Waals surface area contributed by atoms with E-state index in [0.29, 0.717) is 16.3 Å². The summed E-state index contributed by atoms with van der Waals surface area (Å²) in [5.41, 5.74) is 1.03. The number of benzene rings is 1. The number of nitriles is 1. The third-order valence-electron chi connectivity index (χ3n) is 1.98. The highest BCUT2D eigenvalue weighted by Crippen LogP contribution is 2.19. The van der Waals surface area contributed by atoms with E-state index in [1.165, 1.54) is 4.90 Å². The summed E-state index contributed by atoms with van der Waals surface area (Å²) in [5, 5.41) is 9.27. The van der Waals surface area contributed by atoms with Crippen molar-refractivity contribution in [2.24, 2.45) is 0 Å². The van der Waals surface area contributed by atoms with Gasteiger partial charge >= 0.3 is 0 Å². The molecular weight excluding hydrogens is 224 g/mol. The van der Waals surface area contributed by atoms with Gasteiger partial charge in [0.1, 0.15) is 6.54 Å². The first-order valence-electron chi connectivity index (χ1n) is 4.66. The first-order valence-corrected chi connectivity index (χ1v) is 5.04. The summed E-state index contributed by atoms with van der Waals surface area (Å²) in [6.07, 6.45) is 0. The molecule has 0 spiro atoms. The maximum absolute atomic E-state index is 11.8. The van der Waals surface area contributed by atoms with E-state index >= 15 is 0 Å². The molecule has 82 valence electrons. The fourth-order valence-electron chi connectivity index (χ4n) is 1.20. The van der Waals surface area contributed by atoms with Crippen molar-refractivity contribution in [1.29, 1.82) is 5.26 Å². The van der Waals surface area contributed by atoms with E-state index in [1.54, 1.807) is 31.2 Å². The molecule has 0 N–H and O–H groups in total. The number of amides is 1. The second-order valence-electron chi connectivity index (χ2n) is 3.31. The number of nitrogens with zero attached hydrogens (tertiary/aromatic N) is 2. The van der Waals surface area contributed by atoms with Crippen molar-refractivity contribution in [3.05, 3.63) is 41.4 Å². The summed E-state index contributed by atoms with van der Waals surface area (Å²) in [6.45, 7) is 5.18. The number of carbonyl (C=O) groups excluding carboxylic acids is 1. The molecule has 1 aromatic rings. The van der Waals surface area contributed by atoms with Crippen LogP contribution in [-0.2, 0) is 4.79 Å². The van der Waals surface area contributed by atoms with Gasteiger partial charge in [0.25, 0.3) is 5.91 Å². The number of carbonyl (C=O) groups is 1. The second-order valence-corrected chi connectivity index (χ2v) is 3.74. The number of hydrogen-bond acceptors (Lipinski definition) is 2. The SMILES string of the molecule is C=C(C)C(=O)N(CC#N)c1ccc(Cl)cc1. The molecule has 16 heavy (non-hydrogen) atoms. The van der Waals surface area contributed by atoms with Crippen LogP contribution < -0.4 is 4.90 Å².